The highest BCUT2D eigenvalue weighted by Crippen LogP contribution is 2.33. The minimum atomic E-state index is 0.110. The number of nitrogens with zero attached hydrogens (tertiary/aromatic N) is 1. The van der Waals surface area contributed by atoms with Crippen molar-refractivity contribution in [2.24, 2.45) is 5.92 Å². The van der Waals surface area contributed by atoms with Gasteiger partial charge in [0, 0.05) is 29.5 Å². The summed E-state index contributed by atoms with van der Waals surface area (Å²) in [6, 6.07) is 10.4. The molecule has 1 N–H and O–H groups in total. The zero-order chi connectivity index (χ0) is 14.7. The molecule has 1 aliphatic rings. The number of aromatic nitrogens is 1. The second-order valence-corrected chi connectivity index (χ2v) is 6.70. The van der Waals surface area contributed by atoms with E-state index in [1.165, 1.54) is 36.6 Å². The lowest BCUT2D eigenvalue weighted by Gasteiger charge is -2.39. The van der Waals surface area contributed by atoms with E-state index in [9.17, 15) is 0 Å². The molecule has 3 heteroatoms. The Morgan fingerprint density at radius 2 is 2.00 bits per heavy atom. The van der Waals surface area contributed by atoms with Crippen LogP contribution in [0.1, 0.15) is 38.2 Å². The fourth-order valence-electron chi connectivity index (χ4n) is 3.26. The second-order valence-electron chi connectivity index (χ2n) is 6.44. The van der Waals surface area contributed by atoms with Crippen molar-refractivity contribution in [1.29, 1.82) is 0 Å². The Kier molecular flexibility index (Phi) is 4.46. The van der Waals surface area contributed by atoms with Gasteiger partial charge in [0.25, 0.3) is 0 Å². The summed E-state index contributed by atoms with van der Waals surface area (Å²) in [5, 5.41) is 4.99. The first kappa shape index (κ1) is 14.8. The number of hydrogen-bond acceptors (Lipinski definition) is 2. The van der Waals surface area contributed by atoms with E-state index in [4.69, 9.17) is 11.6 Å². The first-order chi connectivity index (χ1) is 10.2. The van der Waals surface area contributed by atoms with Crippen LogP contribution in [0.15, 0.2) is 36.5 Å². The number of pyridine rings is 1. The van der Waals surface area contributed by atoms with Gasteiger partial charge in [0.15, 0.2) is 0 Å². The summed E-state index contributed by atoms with van der Waals surface area (Å²) in [4.78, 5) is 4.43. The van der Waals surface area contributed by atoms with Crippen LogP contribution in [0, 0.1) is 5.92 Å². The Bertz CT molecular complexity index is 598. The fraction of sp³-hybridized carbons (Fsp3) is 0.500. The van der Waals surface area contributed by atoms with Crippen molar-refractivity contribution < 1.29 is 0 Å². The highest BCUT2D eigenvalue weighted by Gasteiger charge is 2.32. The van der Waals surface area contributed by atoms with Gasteiger partial charge in [-0.05, 0) is 49.3 Å². The molecule has 1 saturated carbocycles. The SMILES string of the molecule is CC1CCC(CCl)(NCc2ccnc3ccccc23)CC1. The molecule has 1 heterocycles. The van der Waals surface area contributed by atoms with Crippen LogP contribution in [-0.4, -0.2) is 16.4 Å². The standard InChI is InChI=1S/C18H23ClN2/c1-14-6-9-18(13-19,10-7-14)21-12-15-8-11-20-17-5-3-2-4-16(15)17/h2-5,8,11,14,21H,6-7,9-10,12-13H2,1H3. The number of nitrogens with one attached hydrogen (secondary N) is 1. The number of rotatable bonds is 4. The highest BCUT2D eigenvalue weighted by molar-refractivity contribution is 6.18. The van der Waals surface area contributed by atoms with Gasteiger partial charge in [0.05, 0.1) is 5.52 Å². The van der Waals surface area contributed by atoms with Crippen LogP contribution in [0.4, 0.5) is 0 Å². The third kappa shape index (κ3) is 3.22. The van der Waals surface area contributed by atoms with E-state index in [1.807, 2.05) is 12.3 Å². The van der Waals surface area contributed by atoms with Crippen molar-refractivity contribution in [3.8, 4) is 0 Å². The lowest BCUT2D eigenvalue weighted by atomic mass is 9.78. The summed E-state index contributed by atoms with van der Waals surface area (Å²) in [6.07, 6.45) is 6.81. The Hall–Kier alpha value is -1.12. The molecular weight excluding hydrogens is 280 g/mol. The van der Waals surface area contributed by atoms with Gasteiger partial charge < -0.3 is 5.32 Å². The predicted octanol–water partition coefficient (Wildman–Crippen LogP) is 4.51. The molecule has 0 amide bonds. The van der Waals surface area contributed by atoms with Crippen LogP contribution in [0.2, 0.25) is 0 Å². The minimum absolute atomic E-state index is 0.110. The van der Waals surface area contributed by atoms with Gasteiger partial charge in [0.2, 0.25) is 0 Å². The number of hydrogen-bond donors (Lipinski definition) is 1. The third-order valence-electron chi connectivity index (χ3n) is 4.88. The van der Waals surface area contributed by atoms with Crippen molar-refractivity contribution in [2.75, 3.05) is 5.88 Å². The van der Waals surface area contributed by atoms with Crippen molar-refractivity contribution >= 4 is 22.5 Å². The van der Waals surface area contributed by atoms with E-state index >= 15 is 0 Å². The molecule has 1 aromatic heterocycles. The number of alkyl halides is 1. The molecule has 112 valence electrons. The van der Waals surface area contributed by atoms with Gasteiger partial charge in [-0.25, -0.2) is 0 Å². The van der Waals surface area contributed by atoms with E-state index in [0.717, 1.165) is 18.0 Å². The largest absolute Gasteiger partial charge is 0.306 e. The summed E-state index contributed by atoms with van der Waals surface area (Å²) in [6.45, 7) is 3.21. The van der Waals surface area contributed by atoms with E-state index in [0.29, 0.717) is 5.88 Å². The van der Waals surface area contributed by atoms with Gasteiger partial charge in [-0.2, -0.15) is 0 Å². The van der Waals surface area contributed by atoms with Crippen molar-refractivity contribution in [3.05, 3.63) is 42.1 Å². The number of para-hydroxylation sites is 1. The lowest BCUT2D eigenvalue weighted by Crippen LogP contribution is -2.49. The maximum Gasteiger partial charge on any atom is 0.0705 e. The number of halogens is 1. The fourth-order valence-corrected chi connectivity index (χ4v) is 3.63. The summed E-state index contributed by atoms with van der Waals surface area (Å²) < 4.78 is 0. The zero-order valence-electron chi connectivity index (χ0n) is 12.6. The summed E-state index contributed by atoms with van der Waals surface area (Å²) in [5.41, 5.74) is 2.48. The normalized spacial score (nSPS) is 26.1. The second kappa shape index (κ2) is 6.33. The third-order valence-corrected chi connectivity index (χ3v) is 5.39. The van der Waals surface area contributed by atoms with Crippen molar-refractivity contribution in [1.82, 2.24) is 10.3 Å². The molecule has 2 nitrogen and oxygen atoms in total. The zero-order valence-corrected chi connectivity index (χ0v) is 13.4. The molecule has 0 aliphatic heterocycles. The topological polar surface area (TPSA) is 24.9 Å². The first-order valence-electron chi connectivity index (χ1n) is 7.86. The molecule has 0 unspecified atom stereocenters. The average molecular weight is 303 g/mol. The summed E-state index contributed by atoms with van der Waals surface area (Å²) in [7, 11) is 0. The summed E-state index contributed by atoms with van der Waals surface area (Å²) >= 11 is 6.29. The van der Waals surface area contributed by atoms with Gasteiger partial charge in [-0.1, -0.05) is 25.1 Å². The molecule has 21 heavy (non-hydrogen) atoms. The molecule has 0 bridgehead atoms. The van der Waals surface area contributed by atoms with Crippen LogP contribution >= 0.6 is 11.6 Å². The molecule has 0 saturated heterocycles. The maximum absolute atomic E-state index is 6.29. The predicted molar refractivity (Wildman–Crippen MR) is 89.7 cm³/mol. The Morgan fingerprint density at radius 1 is 1.24 bits per heavy atom. The first-order valence-corrected chi connectivity index (χ1v) is 8.39. The molecule has 3 rings (SSSR count). The molecule has 0 radical (unpaired) electrons. The van der Waals surface area contributed by atoms with E-state index in [1.54, 1.807) is 0 Å². The Labute approximate surface area is 131 Å². The molecule has 2 aromatic rings. The molecule has 1 aliphatic carbocycles. The number of benzene rings is 1. The van der Waals surface area contributed by atoms with E-state index in [2.05, 4.69) is 41.5 Å². The molecule has 1 aromatic carbocycles. The quantitative estimate of drug-likeness (QED) is 0.840. The van der Waals surface area contributed by atoms with Crippen LogP contribution in [0.3, 0.4) is 0 Å². The van der Waals surface area contributed by atoms with Gasteiger partial charge >= 0.3 is 0 Å². The number of fused-ring (bicyclic) bond motifs is 1. The smallest absolute Gasteiger partial charge is 0.0705 e. The van der Waals surface area contributed by atoms with Gasteiger partial charge in [-0.3, -0.25) is 4.98 Å². The molecule has 0 spiro atoms. The summed E-state index contributed by atoms with van der Waals surface area (Å²) in [5.74, 6) is 1.54. The van der Waals surface area contributed by atoms with Crippen LogP contribution < -0.4 is 5.32 Å². The minimum Gasteiger partial charge on any atom is -0.306 e. The van der Waals surface area contributed by atoms with E-state index in [-0.39, 0.29) is 5.54 Å². The molecule has 0 atom stereocenters. The lowest BCUT2D eigenvalue weighted by molar-refractivity contribution is 0.216. The Balaban J connectivity index is 1.76. The van der Waals surface area contributed by atoms with E-state index < -0.39 is 0 Å². The van der Waals surface area contributed by atoms with Crippen molar-refractivity contribution in [2.45, 2.75) is 44.7 Å². The maximum atomic E-state index is 6.29. The molecular formula is C18H23ClN2. The van der Waals surface area contributed by atoms with Crippen LogP contribution in [-0.2, 0) is 6.54 Å². The van der Waals surface area contributed by atoms with Crippen LogP contribution in [0.25, 0.3) is 10.9 Å². The van der Waals surface area contributed by atoms with Gasteiger partial charge in [0.1, 0.15) is 0 Å². The van der Waals surface area contributed by atoms with Crippen molar-refractivity contribution in [3.63, 3.8) is 0 Å². The molecule has 1 fully saturated rings. The highest BCUT2D eigenvalue weighted by atomic mass is 35.5. The average Bonchev–Trinajstić information content (AvgIpc) is 2.55. The van der Waals surface area contributed by atoms with Crippen LogP contribution in [0.5, 0.6) is 0 Å². The van der Waals surface area contributed by atoms with Gasteiger partial charge in [-0.15, -0.1) is 11.6 Å². The monoisotopic (exact) mass is 302 g/mol. The Morgan fingerprint density at radius 3 is 2.76 bits per heavy atom.